The zero-order chi connectivity index (χ0) is 29.1. The van der Waals surface area contributed by atoms with Crippen LogP contribution < -0.4 is 10.6 Å². The first kappa shape index (κ1) is 31.7. The zero-order valence-corrected chi connectivity index (χ0v) is 23.7. The van der Waals surface area contributed by atoms with Gasteiger partial charge in [-0.2, -0.15) is 13.2 Å². The quantitative estimate of drug-likeness (QED) is 0.401. The Balaban J connectivity index is 0.00000405. The van der Waals surface area contributed by atoms with Crippen LogP contribution in [0.25, 0.3) is 0 Å². The number of nitrogens with one attached hydrogen (secondary N) is 2. The Morgan fingerprint density at radius 1 is 1.02 bits per heavy atom. The Bertz CT molecular complexity index is 1230. The third-order valence-electron chi connectivity index (χ3n) is 8.77. The zero-order valence-electron chi connectivity index (χ0n) is 23.7. The molecule has 230 valence electrons. The average Bonchev–Trinajstić information content (AvgIpc) is 3.67. The molecule has 1 aromatic carbocycles. The number of aromatic nitrogens is 2. The van der Waals surface area contributed by atoms with Gasteiger partial charge in [0.05, 0.1) is 11.3 Å². The predicted octanol–water partition coefficient (Wildman–Crippen LogP) is 5.53. The van der Waals surface area contributed by atoms with E-state index in [1.807, 2.05) is 7.05 Å². The lowest BCUT2D eigenvalue weighted by Crippen LogP contribution is -2.44. The van der Waals surface area contributed by atoms with Crippen LogP contribution in [0.15, 0.2) is 30.5 Å². The molecular weight excluding hydrogens is 545 g/mol. The fourth-order valence-corrected chi connectivity index (χ4v) is 5.93. The van der Waals surface area contributed by atoms with Gasteiger partial charge in [0.1, 0.15) is 0 Å². The van der Waals surface area contributed by atoms with Crippen molar-refractivity contribution in [2.75, 3.05) is 39.0 Å². The number of benzene rings is 1. The summed E-state index contributed by atoms with van der Waals surface area (Å²) in [6, 6.07) is 7.02. The van der Waals surface area contributed by atoms with E-state index in [0.717, 1.165) is 45.0 Å². The Morgan fingerprint density at radius 3 is 2.33 bits per heavy atom. The van der Waals surface area contributed by atoms with Crippen LogP contribution in [-0.2, 0) is 17.4 Å². The van der Waals surface area contributed by atoms with Crippen LogP contribution in [0.2, 0.25) is 0 Å². The van der Waals surface area contributed by atoms with E-state index < -0.39 is 11.7 Å². The minimum atomic E-state index is -4.57. The molecule has 1 saturated heterocycles. The van der Waals surface area contributed by atoms with Crippen LogP contribution in [0.3, 0.4) is 0 Å². The van der Waals surface area contributed by atoms with Gasteiger partial charge in [-0.15, -0.1) is 0 Å². The third-order valence-corrected chi connectivity index (χ3v) is 8.77. The molecular formula is C31H43F3N6O2. The highest BCUT2D eigenvalue weighted by atomic mass is 19.4. The number of nitrogens with zero attached hydrogens (tertiary/aromatic N) is 4. The lowest BCUT2D eigenvalue weighted by molar-refractivity contribution is -0.138. The molecule has 1 aliphatic heterocycles. The molecule has 3 fully saturated rings. The molecule has 3 aliphatic rings. The molecule has 0 spiro atoms. The van der Waals surface area contributed by atoms with E-state index in [0.29, 0.717) is 43.0 Å². The Morgan fingerprint density at radius 2 is 1.69 bits per heavy atom. The summed E-state index contributed by atoms with van der Waals surface area (Å²) in [6.07, 6.45) is 2.47. The second kappa shape index (κ2) is 13.4. The van der Waals surface area contributed by atoms with Crippen LogP contribution in [-0.4, -0.2) is 71.4 Å². The lowest BCUT2D eigenvalue weighted by atomic mass is 9.97. The number of hydrogen-bond donors (Lipinski definition) is 2. The number of carbonyl (C=O) groups is 2. The van der Waals surface area contributed by atoms with E-state index in [9.17, 15) is 22.8 Å². The number of anilines is 2. The highest BCUT2D eigenvalue weighted by Crippen LogP contribution is 2.37. The number of halogens is 3. The van der Waals surface area contributed by atoms with Gasteiger partial charge in [-0.1, -0.05) is 7.43 Å². The fourth-order valence-electron chi connectivity index (χ4n) is 5.93. The van der Waals surface area contributed by atoms with Gasteiger partial charge in [0.15, 0.2) is 0 Å². The molecule has 2 heterocycles. The van der Waals surface area contributed by atoms with Crippen LogP contribution in [0, 0.1) is 17.8 Å². The van der Waals surface area contributed by atoms with Gasteiger partial charge >= 0.3 is 6.18 Å². The minimum absolute atomic E-state index is 0. The second-order valence-electron chi connectivity index (χ2n) is 12.0. The molecule has 1 aromatic heterocycles. The first-order valence-corrected chi connectivity index (χ1v) is 14.6. The van der Waals surface area contributed by atoms with Crippen molar-refractivity contribution >= 4 is 23.5 Å². The van der Waals surface area contributed by atoms with E-state index in [1.54, 1.807) is 29.2 Å². The average molecular weight is 589 g/mol. The van der Waals surface area contributed by atoms with Gasteiger partial charge in [-0.3, -0.25) is 9.59 Å². The molecule has 2 saturated carbocycles. The highest BCUT2D eigenvalue weighted by molar-refractivity contribution is 5.94. The van der Waals surface area contributed by atoms with Crippen molar-refractivity contribution in [3.8, 4) is 0 Å². The summed E-state index contributed by atoms with van der Waals surface area (Å²) in [7, 11) is 3.91. The van der Waals surface area contributed by atoms with Crippen LogP contribution in [0.4, 0.5) is 24.8 Å². The third kappa shape index (κ3) is 7.99. The van der Waals surface area contributed by atoms with Crippen LogP contribution >= 0.6 is 0 Å². The second-order valence-corrected chi connectivity index (χ2v) is 12.0. The predicted molar refractivity (Wildman–Crippen MR) is 156 cm³/mol. The molecule has 42 heavy (non-hydrogen) atoms. The Hall–Kier alpha value is -3.21. The molecule has 11 heteroatoms. The van der Waals surface area contributed by atoms with Crippen molar-refractivity contribution in [3.05, 3.63) is 47.3 Å². The fraction of sp³-hybridized carbons (Fsp3) is 0.613. The van der Waals surface area contributed by atoms with Gasteiger partial charge in [-0.05, 0) is 108 Å². The number of carbonyl (C=O) groups excluding carboxylic acids is 2. The van der Waals surface area contributed by atoms with Gasteiger partial charge in [0, 0.05) is 43.0 Å². The van der Waals surface area contributed by atoms with Crippen LogP contribution in [0.1, 0.15) is 74.0 Å². The normalized spacial score (nSPS) is 21.5. The smallest absolute Gasteiger partial charge is 0.356 e. The summed E-state index contributed by atoms with van der Waals surface area (Å²) in [5, 5.41) is 5.99. The molecule has 2 atom stereocenters. The number of amides is 2. The maximum Gasteiger partial charge on any atom is 0.419 e. The van der Waals surface area contributed by atoms with Gasteiger partial charge in [0.25, 0.3) is 5.91 Å². The summed E-state index contributed by atoms with van der Waals surface area (Å²) in [4.78, 5) is 37.8. The van der Waals surface area contributed by atoms with E-state index in [2.05, 4.69) is 32.5 Å². The Labute approximate surface area is 246 Å². The standard InChI is InChI=1S/C30H39F3N6O2.CH4/c1-38-13-11-24(12-14-38)39(2)28(41)21-7-9-23(10-8-21)36-29-35-18-25(30(31,32)33)26(37-29)16-20-5-6-22(15-20)27(40)34-17-19-3-4-19;/h7-10,18-20,22,24H,3-6,11-17H2,1-2H3,(H,34,40)(H,35,36,37);1H4/t20-,22+;/m1./s1. The number of rotatable bonds is 9. The van der Waals surface area contributed by atoms with Gasteiger partial charge in [0.2, 0.25) is 11.9 Å². The maximum atomic E-state index is 13.8. The summed E-state index contributed by atoms with van der Waals surface area (Å²) in [5.41, 5.74) is 0.207. The van der Waals surface area contributed by atoms with Crippen molar-refractivity contribution in [2.24, 2.45) is 17.8 Å². The monoisotopic (exact) mass is 588 g/mol. The molecule has 0 radical (unpaired) electrons. The molecule has 2 amide bonds. The number of alkyl halides is 3. The molecule has 0 bridgehead atoms. The van der Waals surface area contributed by atoms with Crippen molar-refractivity contribution in [1.82, 2.24) is 25.1 Å². The SMILES string of the molecule is C.CN1CCC(N(C)C(=O)c2ccc(Nc3ncc(C(F)(F)F)c(C[C@@H]4CC[C@H](C(=O)NCC5CC5)C4)n3)cc2)CC1. The maximum absolute atomic E-state index is 13.8. The lowest BCUT2D eigenvalue weighted by Gasteiger charge is -2.35. The first-order valence-electron chi connectivity index (χ1n) is 14.6. The molecule has 5 rings (SSSR count). The summed E-state index contributed by atoms with van der Waals surface area (Å²) in [6.45, 7) is 2.61. The van der Waals surface area contributed by atoms with Gasteiger partial charge < -0.3 is 20.4 Å². The minimum Gasteiger partial charge on any atom is -0.356 e. The first-order chi connectivity index (χ1) is 19.6. The molecule has 0 unspecified atom stereocenters. The number of hydrogen-bond acceptors (Lipinski definition) is 6. The van der Waals surface area contributed by atoms with Crippen molar-refractivity contribution in [3.63, 3.8) is 0 Å². The van der Waals surface area contributed by atoms with E-state index in [4.69, 9.17) is 0 Å². The van der Waals surface area contributed by atoms with E-state index in [1.165, 1.54) is 0 Å². The van der Waals surface area contributed by atoms with E-state index in [-0.39, 0.29) is 55.2 Å². The van der Waals surface area contributed by atoms with Crippen molar-refractivity contribution in [2.45, 2.75) is 71.0 Å². The van der Waals surface area contributed by atoms with Crippen molar-refractivity contribution in [1.29, 1.82) is 0 Å². The molecule has 2 aliphatic carbocycles. The summed E-state index contributed by atoms with van der Waals surface area (Å²) < 4.78 is 41.4. The summed E-state index contributed by atoms with van der Waals surface area (Å²) in [5.74, 6) is 0.386. The largest absolute Gasteiger partial charge is 0.419 e. The molecule has 2 N–H and O–H groups in total. The van der Waals surface area contributed by atoms with Crippen LogP contribution in [0.5, 0.6) is 0 Å². The topological polar surface area (TPSA) is 90.5 Å². The van der Waals surface area contributed by atoms with Crippen molar-refractivity contribution < 1.29 is 22.8 Å². The van der Waals surface area contributed by atoms with E-state index >= 15 is 0 Å². The molecule has 2 aromatic rings. The molecule has 8 nitrogen and oxygen atoms in total. The highest BCUT2D eigenvalue weighted by Gasteiger charge is 2.37. The van der Waals surface area contributed by atoms with Gasteiger partial charge in [-0.25, -0.2) is 9.97 Å². The number of piperidine rings is 1. The number of likely N-dealkylation sites (tertiary alicyclic amines) is 1. The summed E-state index contributed by atoms with van der Waals surface area (Å²) >= 11 is 0. The Kier molecular flexibility index (Phi) is 10.1.